The van der Waals surface area contributed by atoms with Crippen molar-refractivity contribution in [3.05, 3.63) is 42.3 Å². The number of nitrogens with zero attached hydrogens (tertiary/aromatic N) is 5. The van der Waals surface area contributed by atoms with Gasteiger partial charge in [0.05, 0.1) is 18.3 Å². The molecule has 2 aliphatic heterocycles. The van der Waals surface area contributed by atoms with E-state index >= 15 is 0 Å². The van der Waals surface area contributed by atoms with Crippen LogP contribution in [0.5, 0.6) is 5.75 Å². The molecule has 1 atom stereocenters. The van der Waals surface area contributed by atoms with Gasteiger partial charge < -0.3 is 19.4 Å². The molecule has 33 heavy (non-hydrogen) atoms. The fraction of sp³-hybridized carbons (Fsp3) is 0.375. The molecule has 0 unspecified atom stereocenters. The molecule has 5 heterocycles. The predicted molar refractivity (Wildman–Crippen MR) is 126 cm³/mol. The molecule has 0 radical (unpaired) electrons. The molecule has 4 aromatic rings. The van der Waals surface area contributed by atoms with E-state index in [2.05, 4.69) is 20.2 Å². The first-order valence-corrected chi connectivity index (χ1v) is 11.3. The predicted octanol–water partition coefficient (Wildman–Crippen LogP) is 3.26. The standard InChI is InChI=1S/C24H26N6O3/c1-28-13-15-10-18(21(32-2)11-17(15)27-28)26-24(31)22-12-19-20(33-22)4-5-23(25-19)30-9-6-16(14-30)29-7-3-8-29/h4-5,10-13,16H,3,6-9,14H2,1-2H3,(H,26,31)/t16-/m1/s1. The van der Waals surface area contributed by atoms with Crippen LogP contribution in [-0.4, -0.2) is 64.9 Å². The number of benzene rings is 1. The van der Waals surface area contributed by atoms with Crippen molar-refractivity contribution in [1.82, 2.24) is 19.7 Å². The first-order valence-electron chi connectivity index (χ1n) is 11.3. The number of ether oxygens (including phenoxy) is 1. The number of carbonyl (C=O) groups is 1. The number of fused-ring (bicyclic) bond motifs is 2. The maximum absolute atomic E-state index is 13.0. The highest BCUT2D eigenvalue weighted by Crippen LogP contribution is 2.31. The van der Waals surface area contributed by atoms with E-state index in [4.69, 9.17) is 14.1 Å². The van der Waals surface area contributed by atoms with Crippen molar-refractivity contribution in [1.29, 1.82) is 0 Å². The number of furan rings is 1. The molecule has 0 spiro atoms. The van der Waals surface area contributed by atoms with Gasteiger partial charge in [0, 0.05) is 49.9 Å². The van der Waals surface area contributed by atoms with E-state index in [0.29, 0.717) is 28.6 Å². The monoisotopic (exact) mass is 446 g/mol. The molecule has 2 aliphatic rings. The van der Waals surface area contributed by atoms with Crippen LogP contribution in [0.1, 0.15) is 23.4 Å². The number of aromatic nitrogens is 3. The first-order chi connectivity index (χ1) is 16.1. The van der Waals surface area contributed by atoms with Gasteiger partial charge in [-0.15, -0.1) is 0 Å². The molecule has 1 amide bonds. The number of anilines is 2. The summed E-state index contributed by atoms with van der Waals surface area (Å²) < 4.78 is 13.0. The lowest BCUT2D eigenvalue weighted by molar-refractivity contribution is 0.0998. The largest absolute Gasteiger partial charge is 0.494 e. The van der Waals surface area contributed by atoms with Crippen LogP contribution in [-0.2, 0) is 7.05 Å². The maximum atomic E-state index is 13.0. The number of hydrogen-bond acceptors (Lipinski definition) is 7. The van der Waals surface area contributed by atoms with E-state index in [1.165, 1.54) is 25.9 Å². The summed E-state index contributed by atoms with van der Waals surface area (Å²) in [4.78, 5) is 22.6. The number of amides is 1. The number of methoxy groups -OCH3 is 1. The van der Waals surface area contributed by atoms with E-state index in [1.807, 2.05) is 31.4 Å². The summed E-state index contributed by atoms with van der Waals surface area (Å²) in [7, 11) is 3.42. The van der Waals surface area contributed by atoms with Crippen LogP contribution in [0.25, 0.3) is 22.0 Å². The van der Waals surface area contributed by atoms with Crippen LogP contribution in [0.4, 0.5) is 11.5 Å². The van der Waals surface area contributed by atoms with Gasteiger partial charge in [0.15, 0.2) is 11.3 Å². The van der Waals surface area contributed by atoms with Crippen molar-refractivity contribution < 1.29 is 13.9 Å². The zero-order valence-electron chi connectivity index (χ0n) is 18.7. The second-order valence-corrected chi connectivity index (χ2v) is 8.81. The average Bonchev–Trinajstić information content (AvgIpc) is 3.48. The average molecular weight is 447 g/mol. The van der Waals surface area contributed by atoms with Crippen molar-refractivity contribution >= 4 is 39.4 Å². The highest BCUT2D eigenvalue weighted by Gasteiger charge is 2.31. The van der Waals surface area contributed by atoms with Crippen LogP contribution in [0.3, 0.4) is 0 Å². The summed E-state index contributed by atoms with van der Waals surface area (Å²) in [6, 6.07) is 9.85. The Balaban J connectivity index is 1.23. The van der Waals surface area contributed by atoms with Gasteiger partial charge in [0.2, 0.25) is 0 Å². The summed E-state index contributed by atoms with van der Waals surface area (Å²) in [6.45, 7) is 4.43. The van der Waals surface area contributed by atoms with Gasteiger partial charge in [0.25, 0.3) is 5.91 Å². The van der Waals surface area contributed by atoms with Crippen molar-refractivity contribution in [2.75, 3.05) is 43.5 Å². The summed E-state index contributed by atoms with van der Waals surface area (Å²) in [5.74, 6) is 1.33. The van der Waals surface area contributed by atoms with Crippen molar-refractivity contribution in [2.45, 2.75) is 18.9 Å². The minimum absolute atomic E-state index is 0.211. The van der Waals surface area contributed by atoms with Crippen LogP contribution in [0, 0.1) is 0 Å². The zero-order chi connectivity index (χ0) is 22.5. The number of pyridine rings is 1. The Morgan fingerprint density at radius 1 is 1.18 bits per heavy atom. The minimum atomic E-state index is -0.352. The first kappa shape index (κ1) is 20.0. The fourth-order valence-corrected chi connectivity index (χ4v) is 4.78. The van der Waals surface area contributed by atoms with Gasteiger partial charge in [0.1, 0.15) is 17.1 Å². The number of rotatable bonds is 5. The van der Waals surface area contributed by atoms with Crippen molar-refractivity contribution in [2.24, 2.45) is 7.05 Å². The normalized spacial score (nSPS) is 18.7. The molecule has 0 saturated carbocycles. The van der Waals surface area contributed by atoms with Crippen LogP contribution in [0.15, 0.2) is 40.9 Å². The smallest absolute Gasteiger partial charge is 0.291 e. The SMILES string of the molecule is COc1cc2nn(C)cc2cc1NC(=O)c1cc2nc(N3CC[C@@H](N4CCC4)C3)ccc2o1. The molecule has 6 rings (SSSR count). The van der Waals surface area contributed by atoms with E-state index in [9.17, 15) is 4.79 Å². The molecule has 170 valence electrons. The summed E-state index contributed by atoms with van der Waals surface area (Å²) >= 11 is 0. The molecule has 2 saturated heterocycles. The highest BCUT2D eigenvalue weighted by atomic mass is 16.5. The third kappa shape index (κ3) is 3.58. The molecule has 0 bridgehead atoms. The molecule has 3 aromatic heterocycles. The Morgan fingerprint density at radius 2 is 2.06 bits per heavy atom. The number of carbonyl (C=O) groups excluding carboxylic acids is 1. The topological polar surface area (TPSA) is 88.7 Å². The summed E-state index contributed by atoms with van der Waals surface area (Å²) in [6.07, 6.45) is 4.37. The molecular formula is C24H26N6O3. The Bertz CT molecular complexity index is 1360. The lowest BCUT2D eigenvalue weighted by Crippen LogP contribution is -2.46. The molecular weight excluding hydrogens is 420 g/mol. The lowest BCUT2D eigenvalue weighted by Gasteiger charge is -2.36. The Hall–Kier alpha value is -3.59. The second kappa shape index (κ2) is 7.77. The molecule has 2 fully saturated rings. The molecule has 1 N–H and O–H groups in total. The van der Waals surface area contributed by atoms with Crippen LogP contribution >= 0.6 is 0 Å². The summed E-state index contributed by atoms with van der Waals surface area (Å²) in [5.41, 5.74) is 2.63. The minimum Gasteiger partial charge on any atom is -0.494 e. The van der Waals surface area contributed by atoms with E-state index in [1.54, 1.807) is 23.9 Å². The Labute approximate surface area is 190 Å². The summed E-state index contributed by atoms with van der Waals surface area (Å²) in [5, 5.41) is 8.19. The van der Waals surface area contributed by atoms with E-state index < -0.39 is 0 Å². The number of aryl methyl sites for hydroxylation is 1. The van der Waals surface area contributed by atoms with Crippen molar-refractivity contribution in [3.8, 4) is 5.75 Å². The van der Waals surface area contributed by atoms with Crippen molar-refractivity contribution in [3.63, 3.8) is 0 Å². The van der Waals surface area contributed by atoms with Gasteiger partial charge in [-0.25, -0.2) is 4.98 Å². The van der Waals surface area contributed by atoms with Gasteiger partial charge in [-0.2, -0.15) is 5.10 Å². The van der Waals surface area contributed by atoms with Crippen LogP contribution in [0.2, 0.25) is 0 Å². The number of nitrogens with one attached hydrogen (secondary N) is 1. The van der Waals surface area contributed by atoms with E-state index in [0.717, 1.165) is 29.8 Å². The van der Waals surface area contributed by atoms with Crippen LogP contribution < -0.4 is 15.0 Å². The quantitative estimate of drug-likeness (QED) is 0.503. The molecule has 0 aliphatic carbocycles. The van der Waals surface area contributed by atoms with Gasteiger partial charge in [-0.3, -0.25) is 14.4 Å². The van der Waals surface area contributed by atoms with Gasteiger partial charge in [-0.1, -0.05) is 0 Å². The fourth-order valence-electron chi connectivity index (χ4n) is 4.78. The van der Waals surface area contributed by atoms with Gasteiger partial charge >= 0.3 is 0 Å². The molecule has 9 nitrogen and oxygen atoms in total. The third-order valence-corrected chi connectivity index (χ3v) is 6.67. The second-order valence-electron chi connectivity index (χ2n) is 8.81. The lowest BCUT2D eigenvalue weighted by atomic mass is 10.1. The number of likely N-dealkylation sites (tertiary alicyclic amines) is 1. The Morgan fingerprint density at radius 3 is 2.85 bits per heavy atom. The molecule has 1 aromatic carbocycles. The number of hydrogen-bond donors (Lipinski definition) is 1. The maximum Gasteiger partial charge on any atom is 0.291 e. The third-order valence-electron chi connectivity index (χ3n) is 6.67. The zero-order valence-corrected chi connectivity index (χ0v) is 18.7. The van der Waals surface area contributed by atoms with Gasteiger partial charge in [-0.05, 0) is 44.1 Å². The molecule has 9 heteroatoms. The van der Waals surface area contributed by atoms with E-state index in [-0.39, 0.29) is 11.7 Å². The highest BCUT2D eigenvalue weighted by molar-refractivity contribution is 6.06. The Kier molecular flexibility index (Phi) is 4.72.